The summed E-state index contributed by atoms with van der Waals surface area (Å²) in [6.07, 6.45) is 6.93. The van der Waals surface area contributed by atoms with Gasteiger partial charge in [0.15, 0.2) is 21.2 Å². The Balaban J connectivity index is 1.49. The summed E-state index contributed by atoms with van der Waals surface area (Å²) in [5, 5.41) is 10.4. The van der Waals surface area contributed by atoms with Crippen LogP contribution in [0.25, 0.3) is 0 Å². The standard InChI is InChI=1S/C29H32Cl2N2O6/c1-3-39-21-13-15(9-12-20(21)34)23-17-10-11-18-22(25(36)33(24(18)35)16-7-5-4-6-8-16)19(17)14-28(30)26(37)32(2)27(38)29(23,28)31/h9-10,12-13,16,18-19,22-23,34H,3-8,11,14H2,1-2H3. The number of allylic oxidation sites excluding steroid dienone is 2. The third-order valence-electron chi connectivity index (χ3n) is 9.61. The SMILES string of the molecule is CCOc1cc(C2C3=CCC4C(=O)N(C5CCCCC5)C(=O)C4C3CC3(Cl)C(=O)N(C)C(=O)C23Cl)ccc1O. The second-order valence-electron chi connectivity index (χ2n) is 11.5. The maximum absolute atomic E-state index is 14.0. The minimum Gasteiger partial charge on any atom is -0.504 e. The van der Waals surface area contributed by atoms with Crippen LogP contribution < -0.4 is 4.74 Å². The van der Waals surface area contributed by atoms with Crippen molar-refractivity contribution < 1.29 is 29.0 Å². The monoisotopic (exact) mass is 574 g/mol. The molecular weight excluding hydrogens is 543 g/mol. The highest BCUT2D eigenvalue weighted by Gasteiger charge is 2.76. The van der Waals surface area contributed by atoms with E-state index in [2.05, 4.69) is 0 Å². The molecular formula is C29H32Cl2N2O6. The van der Waals surface area contributed by atoms with E-state index in [0.29, 0.717) is 18.6 Å². The maximum atomic E-state index is 14.0. The zero-order valence-corrected chi connectivity index (χ0v) is 23.5. The molecule has 0 aromatic heterocycles. The predicted octanol–water partition coefficient (Wildman–Crippen LogP) is 4.11. The second-order valence-corrected chi connectivity index (χ2v) is 12.7. The largest absolute Gasteiger partial charge is 0.504 e. The fourth-order valence-electron chi connectivity index (χ4n) is 7.82. The van der Waals surface area contributed by atoms with E-state index in [1.165, 1.54) is 18.0 Å². The van der Waals surface area contributed by atoms with Crippen molar-refractivity contribution in [1.29, 1.82) is 0 Å². The number of ether oxygens (including phenoxy) is 1. The fourth-order valence-corrected chi connectivity index (χ4v) is 8.84. The number of phenols is 1. The number of fused-ring (bicyclic) bond motifs is 4. The summed E-state index contributed by atoms with van der Waals surface area (Å²) < 4.78 is 5.61. The molecule has 5 aliphatic rings. The first-order chi connectivity index (χ1) is 18.6. The summed E-state index contributed by atoms with van der Waals surface area (Å²) in [7, 11) is 1.37. The van der Waals surface area contributed by atoms with Crippen molar-refractivity contribution in [3.05, 3.63) is 35.4 Å². The molecule has 1 aromatic carbocycles. The highest BCUT2D eigenvalue weighted by atomic mass is 35.5. The molecule has 39 heavy (non-hydrogen) atoms. The van der Waals surface area contributed by atoms with Crippen LogP contribution in [0.5, 0.6) is 11.5 Å². The molecule has 6 rings (SSSR count). The van der Waals surface area contributed by atoms with Gasteiger partial charge >= 0.3 is 0 Å². The number of imide groups is 2. The molecule has 8 nitrogen and oxygen atoms in total. The van der Waals surface area contributed by atoms with Gasteiger partial charge in [-0.3, -0.25) is 29.0 Å². The van der Waals surface area contributed by atoms with Gasteiger partial charge in [0.2, 0.25) is 11.8 Å². The number of carbonyl (C=O) groups excluding carboxylic acids is 4. The summed E-state index contributed by atoms with van der Waals surface area (Å²) in [5.74, 6) is -4.05. The molecule has 4 amide bonds. The van der Waals surface area contributed by atoms with Crippen molar-refractivity contribution in [2.75, 3.05) is 13.7 Å². The lowest BCUT2D eigenvalue weighted by molar-refractivity contribution is -0.144. The molecule has 0 bridgehead atoms. The molecule has 6 atom stereocenters. The van der Waals surface area contributed by atoms with E-state index < -0.39 is 45.2 Å². The number of phenolic OH excluding ortho intramolecular Hbond substituents is 1. The van der Waals surface area contributed by atoms with Crippen LogP contribution >= 0.6 is 23.2 Å². The van der Waals surface area contributed by atoms with Gasteiger partial charge in [0.25, 0.3) is 11.8 Å². The van der Waals surface area contributed by atoms with Crippen LogP contribution in [0.4, 0.5) is 0 Å². The van der Waals surface area contributed by atoms with Crippen LogP contribution in [0.2, 0.25) is 0 Å². The van der Waals surface area contributed by atoms with Crippen LogP contribution in [0.15, 0.2) is 29.8 Å². The van der Waals surface area contributed by atoms with Crippen LogP contribution in [-0.2, 0) is 19.2 Å². The summed E-state index contributed by atoms with van der Waals surface area (Å²) in [4.78, 5) is 53.6. The van der Waals surface area contributed by atoms with E-state index >= 15 is 0 Å². The van der Waals surface area contributed by atoms with Crippen LogP contribution in [0.3, 0.4) is 0 Å². The van der Waals surface area contributed by atoms with Crippen molar-refractivity contribution in [2.45, 2.75) is 73.6 Å². The van der Waals surface area contributed by atoms with Gasteiger partial charge in [-0.05, 0) is 56.2 Å². The Morgan fingerprint density at radius 1 is 1.03 bits per heavy atom. The van der Waals surface area contributed by atoms with Crippen LogP contribution in [0.1, 0.15) is 63.4 Å². The smallest absolute Gasteiger partial charge is 0.253 e. The molecule has 208 valence electrons. The molecule has 2 aliphatic heterocycles. The summed E-state index contributed by atoms with van der Waals surface area (Å²) in [6, 6.07) is 4.63. The Morgan fingerprint density at radius 2 is 1.74 bits per heavy atom. The molecule has 2 saturated carbocycles. The topological polar surface area (TPSA) is 104 Å². The van der Waals surface area contributed by atoms with Crippen molar-refractivity contribution in [3.63, 3.8) is 0 Å². The molecule has 6 unspecified atom stereocenters. The zero-order valence-electron chi connectivity index (χ0n) is 22.0. The molecule has 4 fully saturated rings. The van der Waals surface area contributed by atoms with Gasteiger partial charge in [-0.1, -0.05) is 37.0 Å². The Kier molecular flexibility index (Phi) is 6.30. The van der Waals surface area contributed by atoms with Gasteiger partial charge in [0.05, 0.1) is 18.4 Å². The molecule has 10 heteroatoms. The van der Waals surface area contributed by atoms with Crippen LogP contribution in [-0.4, -0.2) is 68.0 Å². The number of halogens is 2. The Hall–Kier alpha value is -2.58. The predicted molar refractivity (Wildman–Crippen MR) is 143 cm³/mol. The van der Waals surface area contributed by atoms with E-state index in [1.54, 1.807) is 19.1 Å². The third kappa shape index (κ3) is 3.49. The Labute approximate surface area is 237 Å². The van der Waals surface area contributed by atoms with Crippen molar-refractivity contribution in [3.8, 4) is 11.5 Å². The molecule has 2 saturated heterocycles. The highest BCUT2D eigenvalue weighted by Crippen LogP contribution is 2.65. The van der Waals surface area contributed by atoms with Crippen molar-refractivity contribution in [2.24, 2.45) is 17.8 Å². The molecule has 1 N–H and O–H groups in total. The molecule has 3 aliphatic carbocycles. The first kappa shape index (κ1) is 26.6. The van der Waals surface area contributed by atoms with Gasteiger partial charge in [-0.15, -0.1) is 23.2 Å². The number of hydrogen-bond donors (Lipinski definition) is 1. The third-order valence-corrected chi connectivity index (χ3v) is 11.0. The number of aromatic hydroxyl groups is 1. The average molecular weight is 575 g/mol. The minimum absolute atomic E-state index is 0.0234. The van der Waals surface area contributed by atoms with Crippen molar-refractivity contribution >= 4 is 46.8 Å². The molecule has 0 radical (unpaired) electrons. The fraction of sp³-hybridized carbons (Fsp3) is 0.586. The first-order valence-corrected chi connectivity index (χ1v) is 14.5. The van der Waals surface area contributed by atoms with Gasteiger partial charge < -0.3 is 9.84 Å². The number of amides is 4. The summed E-state index contributed by atoms with van der Waals surface area (Å²) in [5.41, 5.74) is 1.28. The number of rotatable bonds is 4. The van der Waals surface area contributed by atoms with Gasteiger partial charge in [-0.2, -0.15) is 0 Å². The average Bonchev–Trinajstić information content (AvgIpc) is 3.25. The van der Waals surface area contributed by atoms with Gasteiger partial charge in [0.1, 0.15) is 0 Å². The molecule has 1 aromatic rings. The highest BCUT2D eigenvalue weighted by molar-refractivity contribution is 6.53. The molecule has 0 spiro atoms. The summed E-state index contributed by atoms with van der Waals surface area (Å²) >= 11 is 14.4. The van der Waals surface area contributed by atoms with Gasteiger partial charge in [0, 0.05) is 19.0 Å². The Bertz CT molecular complexity index is 1310. The van der Waals surface area contributed by atoms with E-state index in [4.69, 9.17) is 27.9 Å². The summed E-state index contributed by atoms with van der Waals surface area (Å²) in [6.45, 7) is 2.09. The minimum atomic E-state index is -1.86. The molecule has 2 heterocycles. The van der Waals surface area contributed by atoms with E-state index in [9.17, 15) is 24.3 Å². The lowest BCUT2D eigenvalue weighted by Crippen LogP contribution is -2.60. The van der Waals surface area contributed by atoms with E-state index in [1.807, 2.05) is 6.08 Å². The number of benzene rings is 1. The van der Waals surface area contributed by atoms with Gasteiger partial charge in [-0.25, -0.2) is 0 Å². The Morgan fingerprint density at radius 3 is 2.44 bits per heavy atom. The second kappa shape index (κ2) is 9.23. The lowest BCUT2D eigenvalue weighted by Gasteiger charge is -2.50. The van der Waals surface area contributed by atoms with E-state index in [-0.39, 0.29) is 35.8 Å². The number of alkyl halides is 2. The number of carbonyl (C=O) groups is 4. The zero-order chi connectivity index (χ0) is 27.9. The van der Waals surface area contributed by atoms with Crippen LogP contribution in [0, 0.1) is 17.8 Å². The van der Waals surface area contributed by atoms with E-state index in [0.717, 1.165) is 42.6 Å². The number of likely N-dealkylation sites (tertiary alicyclic amines) is 2. The quantitative estimate of drug-likeness (QED) is 0.329. The number of nitrogens with zero attached hydrogens (tertiary/aromatic N) is 2. The van der Waals surface area contributed by atoms with Crippen molar-refractivity contribution in [1.82, 2.24) is 9.80 Å². The normalized spacial score (nSPS) is 36.6. The lowest BCUT2D eigenvalue weighted by atomic mass is 9.56. The number of hydrogen-bond acceptors (Lipinski definition) is 6. The maximum Gasteiger partial charge on any atom is 0.253 e. The first-order valence-electron chi connectivity index (χ1n) is 13.8.